The fourth-order valence-corrected chi connectivity index (χ4v) is 2.57. The van der Waals surface area contributed by atoms with Crippen LogP contribution in [0, 0.1) is 6.92 Å². The maximum absolute atomic E-state index is 5.38. The van der Waals surface area contributed by atoms with Crippen LogP contribution in [0.1, 0.15) is 43.2 Å². The first kappa shape index (κ1) is 13.7. The molecule has 0 aliphatic heterocycles. The van der Waals surface area contributed by atoms with E-state index in [4.69, 9.17) is 4.74 Å². The normalized spacial score (nSPS) is 12.9. The third-order valence-corrected chi connectivity index (χ3v) is 3.47. The highest BCUT2D eigenvalue weighted by Gasteiger charge is 2.10. The zero-order valence-electron chi connectivity index (χ0n) is 10.6. The summed E-state index contributed by atoms with van der Waals surface area (Å²) < 4.78 is 5.38. The third-order valence-electron chi connectivity index (χ3n) is 2.59. The van der Waals surface area contributed by atoms with E-state index in [2.05, 4.69) is 30.6 Å². The molecule has 0 saturated carbocycles. The van der Waals surface area contributed by atoms with Gasteiger partial charge < -0.3 is 10.1 Å². The van der Waals surface area contributed by atoms with Crippen LogP contribution in [-0.4, -0.2) is 19.8 Å². The lowest BCUT2D eigenvalue weighted by Crippen LogP contribution is -2.20. The molecule has 1 atom stereocenters. The van der Waals surface area contributed by atoms with E-state index in [0.717, 1.165) is 32.6 Å². The molecule has 1 rings (SSSR count). The molecule has 0 radical (unpaired) electrons. The second-order valence-electron chi connectivity index (χ2n) is 3.94. The third kappa shape index (κ3) is 4.64. The van der Waals surface area contributed by atoms with Gasteiger partial charge in [-0.2, -0.15) is 0 Å². The second-order valence-corrected chi connectivity index (χ2v) is 5.06. The summed E-state index contributed by atoms with van der Waals surface area (Å²) in [6.45, 7) is 9.09. The van der Waals surface area contributed by atoms with Crippen LogP contribution in [0.4, 0.5) is 0 Å². The maximum atomic E-state index is 5.38. The minimum absolute atomic E-state index is 0.496. The van der Waals surface area contributed by atoms with Crippen LogP contribution < -0.4 is 5.32 Å². The van der Waals surface area contributed by atoms with Gasteiger partial charge in [-0.15, -0.1) is 11.3 Å². The first-order chi connectivity index (χ1) is 7.77. The Morgan fingerprint density at radius 3 is 2.81 bits per heavy atom. The van der Waals surface area contributed by atoms with Crippen molar-refractivity contribution in [2.45, 2.75) is 39.7 Å². The number of thiophene rings is 1. The minimum Gasteiger partial charge on any atom is -0.382 e. The summed E-state index contributed by atoms with van der Waals surface area (Å²) in [5.41, 5.74) is 1.43. The Morgan fingerprint density at radius 1 is 1.44 bits per heavy atom. The Kier molecular flexibility index (Phi) is 6.69. The Hall–Kier alpha value is -0.380. The Morgan fingerprint density at radius 2 is 2.25 bits per heavy atom. The lowest BCUT2D eigenvalue weighted by Gasteiger charge is -2.16. The monoisotopic (exact) mass is 241 g/mol. The molecule has 0 bridgehead atoms. The van der Waals surface area contributed by atoms with Crippen LogP contribution in [-0.2, 0) is 4.74 Å². The summed E-state index contributed by atoms with van der Waals surface area (Å²) in [7, 11) is 0. The first-order valence-electron chi connectivity index (χ1n) is 6.14. The van der Waals surface area contributed by atoms with Crippen LogP contribution >= 0.6 is 11.3 Å². The van der Waals surface area contributed by atoms with Crippen molar-refractivity contribution in [2.75, 3.05) is 19.8 Å². The Labute approximate surface area is 103 Å². The average Bonchev–Trinajstić information content (AvgIpc) is 2.69. The lowest BCUT2D eigenvalue weighted by molar-refractivity contribution is 0.141. The predicted molar refractivity (Wildman–Crippen MR) is 71.2 cm³/mol. The van der Waals surface area contributed by atoms with Gasteiger partial charge in [0.2, 0.25) is 0 Å². The summed E-state index contributed by atoms with van der Waals surface area (Å²) >= 11 is 1.83. The molecule has 0 aliphatic carbocycles. The molecule has 0 saturated heterocycles. The maximum Gasteiger partial charge on any atom is 0.0466 e. The van der Waals surface area contributed by atoms with E-state index in [0.29, 0.717) is 6.04 Å². The predicted octanol–water partition coefficient (Wildman–Crippen LogP) is 3.52. The molecule has 1 unspecified atom stereocenters. The molecule has 0 aliphatic rings. The SMILES string of the molecule is CCNC(CCCOCC)c1csc(C)c1. The van der Waals surface area contributed by atoms with E-state index in [9.17, 15) is 0 Å². The first-order valence-corrected chi connectivity index (χ1v) is 7.02. The van der Waals surface area contributed by atoms with Crippen molar-refractivity contribution in [1.82, 2.24) is 5.32 Å². The number of aryl methyl sites for hydroxylation is 1. The van der Waals surface area contributed by atoms with Gasteiger partial charge in [0.15, 0.2) is 0 Å². The van der Waals surface area contributed by atoms with Crippen LogP contribution in [0.3, 0.4) is 0 Å². The molecule has 1 aromatic rings. The molecular formula is C13H23NOS. The Bertz CT molecular complexity index is 285. The zero-order valence-corrected chi connectivity index (χ0v) is 11.4. The summed E-state index contributed by atoms with van der Waals surface area (Å²) in [6, 6.07) is 2.79. The van der Waals surface area contributed by atoms with Gasteiger partial charge in [0.25, 0.3) is 0 Å². The van der Waals surface area contributed by atoms with Gasteiger partial charge in [-0.3, -0.25) is 0 Å². The summed E-state index contributed by atoms with van der Waals surface area (Å²) in [4.78, 5) is 1.39. The van der Waals surface area contributed by atoms with Gasteiger partial charge in [-0.25, -0.2) is 0 Å². The molecule has 3 heteroatoms. The second kappa shape index (κ2) is 7.82. The summed E-state index contributed by atoms with van der Waals surface area (Å²) in [6.07, 6.45) is 2.28. The smallest absolute Gasteiger partial charge is 0.0466 e. The van der Waals surface area contributed by atoms with Crippen molar-refractivity contribution >= 4 is 11.3 Å². The molecule has 16 heavy (non-hydrogen) atoms. The van der Waals surface area contributed by atoms with Crippen molar-refractivity contribution < 1.29 is 4.74 Å². The summed E-state index contributed by atoms with van der Waals surface area (Å²) in [5.74, 6) is 0. The van der Waals surface area contributed by atoms with E-state index < -0.39 is 0 Å². The van der Waals surface area contributed by atoms with E-state index in [1.807, 2.05) is 18.3 Å². The highest BCUT2D eigenvalue weighted by Crippen LogP contribution is 2.23. The lowest BCUT2D eigenvalue weighted by atomic mass is 10.1. The van der Waals surface area contributed by atoms with Crippen molar-refractivity contribution in [3.05, 3.63) is 21.9 Å². The fraction of sp³-hybridized carbons (Fsp3) is 0.692. The molecule has 1 N–H and O–H groups in total. The van der Waals surface area contributed by atoms with Crippen LogP contribution in [0.25, 0.3) is 0 Å². The Balaban J connectivity index is 2.41. The summed E-state index contributed by atoms with van der Waals surface area (Å²) in [5, 5.41) is 5.81. The molecule has 2 nitrogen and oxygen atoms in total. The number of rotatable bonds is 8. The average molecular weight is 241 g/mol. The molecule has 0 spiro atoms. The van der Waals surface area contributed by atoms with Gasteiger partial charge in [0.1, 0.15) is 0 Å². The van der Waals surface area contributed by atoms with Gasteiger partial charge in [-0.1, -0.05) is 6.92 Å². The molecule has 1 aromatic heterocycles. The molecule has 0 aromatic carbocycles. The van der Waals surface area contributed by atoms with Crippen molar-refractivity contribution in [1.29, 1.82) is 0 Å². The van der Waals surface area contributed by atoms with E-state index in [-0.39, 0.29) is 0 Å². The zero-order chi connectivity index (χ0) is 11.8. The van der Waals surface area contributed by atoms with Crippen LogP contribution in [0.2, 0.25) is 0 Å². The number of hydrogen-bond acceptors (Lipinski definition) is 3. The highest BCUT2D eigenvalue weighted by atomic mass is 32.1. The van der Waals surface area contributed by atoms with E-state index in [1.165, 1.54) is 10.4 Å². The highest BCUT2D eigenvalue weighted by molar-refractivity contribution is 7.10. The largest absolute Gasteiger partial charge is 0.382 e. The number of hydrogen-bond donors (Lipinski definition) is 1. The molecule has 92 valence electrons. The molecular weight excluding hydrogens is 218 g/mol. The minimum atomic E-state index is 0.496. The molecule has 1 heterocycles. The van der Waals surface area contributed by atoms with Gasteiger partial charge in [-0.05, 0) is 50.2 Å². The van der Waals surface area contributed by atoms with Crippen molar-refractivity contribution in [3.63, 3.8) is 0 Å². The molecule has 0 amide bonds. The van der Waals surface area contributed by atoms with Gasteiger partial charge >= 0.3 is 0 Å². The quantitative estimate of drug-likeness (QED) is 0.703. The van der Waals surface area contributed by atoms with Crippen molar-refractivity contribution in [3.8, 4) is 0 Å². The number of nitrogens with one attached hydrogen (secondary N) is 1. The number of ether oxygens (including phenoxy) is 1. The fourth-order valence-electron chi connectivity index (χ4n) is 1.81. The van der Waals surface area contributed by atoms with Crippen LogP contribution in [0.5, 0.6) is 0 Å². The standard InChI is InChI=1S/C13H23NOS/c1-4-14-13(7-6-8-15-5-2)12-9-11(3)16-10-12/h9-10,13-14H,4-8H2,1-3H3. The topological polar surface area (TPSA) is 21.3 Å². The van der Waals surface area contributed by atoms with E-state index in [1.54, 1.807) is 0 Å². The molecule has 0 fully saturated rings. The van der Waals surface area contributed by atoms with Crippen LogP contribution in [0.15, 0.2) is 11.4 Å². The van der Waals surface area contributed by atoms with Gasteiger partial charge in [0.05, 0.1) is 0 Å². The van der Waals surface area contributed by atoms with Gasteiger partial charge in [0, 0.05) is 24.1 Å². The van der Waals surface area contributed by atoms with Crippen molar-refractivity contribution in [2.24, 2.45) is 0 Å². The van der Waals surface area contributed by atoms with E-state index >= 15 is 0 Å².